The number of nitrogens with one attached hydrogen (secondary N) is 6. The van der Waals surface area contributed by atoms with Crippen molar-refractivity contribution in [1.82, 2.24) is 56.7 Å². The zero-order valence-corrected chi connectivity index (χ0v) is 39.1. The summed E-state index contributed by atoms with van der Waals surface area (Å²) >= 11 is 0. The van der Waals surface area contributed by atoms with E-state index in [1.807, 2.05) is 30.3 Å². The highest BCUT2D eigenvalue weighted by atomic mass is 16.2. The molecule has 6 atom stereocenters. The van der Waals surface area contributed by atoms with Crippen LogP contribution in [-0.2, 0) is 73.8 Å². The van der Waals surface area contributed by atoms with Crippen molar-refractivity contribution >= 4 is 59.1 Å². The topological polar surface area (TPSA) is 381 Å². The maximum absolute atomic E-state index is 13.3. The molecule has 1 aromatic heterocycles. The first-order chi connectivity index (χ1) is 34.6. The number of terminal acetylenes is 1. The lowest BCUT2D eigenvalue weighted by Gasteiger charge is -2.27. The zero-order valence-electron chi connectivity index (χ0n) is 39.1. The van der Waals surface area contributed by atoms with Gasteiger partial charge in [0.05, 0.1) is 18.8 Å². The smallest absolute Gasteiger partial charge is 0.243 e. The van der Waals surface area contributed by atoms with Gasteiger partial charge in [-0.1, -0.05) is 71.0 Å². The van der Waals surface area contributed by atoms with Crippen LogP contribution in [0.4, 0.5) is 0 Å². The lowest BCUT2D eigenvalue weighted by atomic mass is 10.0. The van der Waals surface area contributed by atoms with Gasteiger partial charge in [0, 0.05) is 49.9 Å². The fourth-order valence-electron chi connectivity index (χ4n) is 8.06. The van der Waals surface area contributed by atoms with Crippen LogP contribution in [-0.4, -0.2) is 153 Å². The van der Waals surface area contributed by atoms with Crippen LogP contribution < -0.4 is 43.4 Å². The van der Waals surface area contributed by atoms with E-state index in [2.05, 4.69) is 58.2 Å². The maximum Gasteiger partial charge on any atom is 0.243 e. The Balaban J connectivity index is 0.000000267. The van der Waals surface area contributed by atoms with E-state index in [0.29, 0.717) is 44.5 Å². The minimum Gasteiger partial charge on any atom is -0.368 e. The molecule has 6 unspecified atom stereocenters. The molecule has 10 amide bonds. The fourth-order valence-corrected chi connectivity index (χ4v) is 8.06. The molecular formula is C46H56N16O10. The van der Waals surface area contributed by atoms with E-state index in [0.717, 1.165) is 11.1 Å². The summed E-state index contributed by atoms with van der Waals surface area (Å²) in [4.78, 5) is 131. The van der Waals surface area contributed by atoms with Gasteiger partial charge in [0.15, 0.2) is 0 Å². The minimum atomic E-state index is -1.12. The molecule has 2 saturated heterocycles. The number of rotatable bonds is 15. The first-order valence-electron chi connectivity index (χ1n) is 22.9. The number of nitrogens with two attached hydrogens (primary N) is 2. The van der Waals surface area contributed by atoms with Crippen molar-refractivity contribution in [3.05, 3.63) is 94.1 Å². The number of hydrogen-bond acceptors (Lipinski definition) is 13. The molecule has 2 aromatic carbocycles. The SMILES string of the molecule is C#CCC(NC(=O)C(Cc1ccccc1)NC(=O)C1CCCN1C(=O)CNC(=O)CN=[N+]=[N-])C(N)=O.NC(=O)C1Cc2cn(nn2)CC(=O)NCC(=O)N2CCCC2C(=O)NC(Cc2ccccc2)C(=O)N1. The van der Waals surface area contributed by atoms with Crippen LogP contribution in [0.25, 0.3) is 10.4 Å². The Morgan fingerprint density at radius 2 is 1.60 bits per heavy atom. The predicted molar refractivity (Wildman–Crippen MR) is 253 cm³/mol. The fraction of sp³-hybridized carbons (Fsp3) is 0.435. The van der Waals surface area contributed by atoms with E-state index in [1.165, 1.54) is 20.7 Å². The van der Waals surface area contributed by atoms with Crippen molar-refractivity contribution in [3.8, 4) is 12.3 Å². The molecule has 2 fully saturated rings. The molecule has 380 valence electrons. The van der Waals surface area contributed by atoms with Gasteiger partial charge < -0.3 is 53.2 Å². The zero-order chi connectivity index (χ0) is 52.2. The molecule has 4 heterocycles. The van der Waals surface area contributed by atoms with Crippen LogP contribution in [0.15, 0.2) is 72.0 Å². The van der Waals surface area contributed by atoms with Crippen LogP contribution in [0.2, 0.25) is 0 Å². The Hall–Kier alpha value is -8.85. The molecule has 3 aromatic rings. The largest absolute Gasteiger partial charge is 0.368 e. The summed E-state index contributed by atoms with van der Waals surface area (Å²) in [7, 11) is 0. The Kier molecular flexibility index (Phi) is 20.1. The van der Waals surface area contributed by atoms with Crippen molar-refractivity contribution in [3.63, 3.8) is 0 Å². The van der Waals surface area contributed by atoms with E-state index in [4.69, 9.17) is 23.4 Å². The predicted octanol–water partition coefficient (Wildman–Crippen LogP) is -3.24. The third kappa shape index (κ3) is 16.1. The van der Waals surface area contributed by atoms with Gasteiger partial charge >= 0.3 is 0 Å². The van der Waals surface area contributed by atoms with Crippen LogP contribution in [0.3, 0.4) is 0 Å². The number of azide groups is 1. The summed E-state index contributed by atoms with van der Waals surface area (Å²) in [5, 5.41) is 26.3. The second-order valence-electron chi connectivity index (χ2n) is 16.9. The monoisotopic (exact) mass is 992 g/mol. The second kappa shape index (κ2) is 26.8. The number of benzene rings is 2. The third-order valence-electron chi connectivity index (χ3n) is 11.7. The van der Waals surface area contributed by atoms with Crippen LogP contribution in [0.1, 0.15) is 48.9 Å². The highest BCUT2D eigenvalue weighted by Gasteiger charge is 2.38. The lowest BCUT2D eigenvalue weighted by Crippen LogP contribution is -2.57. The van der Waals surface area contributed by atoms with Crippen LogP contribution >= 0.6 is 0 Å². The van der Waals surface area contributed by atoms with Crippen molar-refractivity contribution in [2.75, 3.05) is 32.7 Å². The van der Waals surface area contributed by atoms with E-state index >= 15 is 0 Å². The maximum atomic E-state index is 13.3. The molecule has 0 radical (unpaired) electrons. The highest BCUT2D eigenvalue weighted by Crippen LogP contribution is 2.20. The van der Waals surface area contributed by atoms with E-state index in [-0.39, 0.29) is 45.3 Å². The number of hydrogen-bond donors (Lipinski definition) is 8. The quantitative estimate of drug-likeness (QED) is 0.0323. The first kappa shape index (κ1) is 54.1. The van der Waals surface area contributed by atoms with Gasteiger partial charge in [-0.25, -0.2) is 4.68 Å². The van der Waals surface area contributed by atoms with Gasteiger partial charge in [-0.15, -0.1) is 17.4 Å². The Morgan fingerprint density at radius 1 is 0.903 bits per heavy atom. The molecule has 26 heteroatoms. The van der Waals surface area contributed by atoms with Gasteiger partial charge in [-0.3, -0.25) is 47.9 Å². The molecule has 0 spiro atoms. The van der Waals surface area contributed by atoms with Crippen molar-refractivity contribution in [2.45, 2.75) is 94.2 Å². The van der Waals surface area contributed by atoms with E-state index < -0.39 is 102 Å². The third-order valence-corrected chi connectivity index (χ3v) is 11.7. The van der Waals surface area contributed by atoms with Gasteiger partial charge in [0.2, 0.25) is 59.1 Å². The van der Waals surface area contributed by atoms with Crippen LogP contribution in [0.5, 0.6) is 0 Å². The molecule has 0 saturated carbocycles. The minimum absolute atomic E-state index is 0.0520. The van der Waals surface area contributed by atoms with Gasteiger partial charge in [-0.05, 0) is 42.3 Å². The molecule has 6 rings (SSSR count). The normalized spacial score (nSPS) is 19.9. The highest BCUT2D eigenvalue weighted by molar-refractivity contribution is 5.96. The Bertz CT molecular complexity index is 2560. The van der Waals surface area contributed by atoms with Gasteiger partial charge in [0.1, 0.15) is 49.3 Å². The summed E-state index contributed by atoms with van der Waals surface area (Å²) in [6.45, 7) is -0.637. The summed E-state index contributed by atoms with van der Waals surface area (Å²) in [6, 6.07) is 12.1. The molecular weight excluding hydrogens is 937 g/mol. The average molecular weight is 993 g/mol. The second-order valence-corrected chi connectivity index (χ2v) is 16.9. The van der Waals surface area contributed by atoms with Crippen molar-refractivity contribution < 1.29 is 47.9 Å². The van der Waals surface area contributed by atoms with E-state index in [9.17, 15) is 47.9 Å². The first-order valence-corrected chi connectivity index (χ1v) is 22.9. The Morgan fingerprint density at radius 3 is 2.26 bits per heavy atom. The molecule has 3 aliphatic rings. The standard InChI is InChI=1S/2C23H28N8O5/c24-21(34)16-10-15-12-30(29-28-15)13-19(32)25-11-20(33)31-8-4-7-18(31)23(36)27-17(22(35)26-16)9-14-5-2-1-3-6-14;1-2-7-16(21(24)34)28-22(35)17(12-15-8-4-3-5-9-15)29-23(36)18-10-6-11-31(18)20(33)14-26-19(32)13-27-30-25/h1-3,5-6,12,16-18H,4,7-11,13H2,(H2,24,34)(H,25,32)(H,26,35)(H,27,36);1,3-5,8-9,16-18H,6-7,10-14H2,(H2,24,34)(H,26,32)(H,28,35)(H,29,36). The molecule has 2 bridgehead atoms. The number of aromatic nitrogens is 3. The number of nitrogens with zero attached hydrogens (tertiary/aromatic N) is 8. The molecule has 26 nitrogen and oxygen atoms in total. The number of primary amides is 2. The summed E-state index contributed by atoms with van der Waals surface area (Å²) in [5.41, 5.74) is 21.0. The van der Waals surface area contributed by atoms with Gasteiger partial charge in [-0.2, -0.15) is 0 Å². The Labute approximate surface area is 412 Å². The number of fused-ring (bicyclic) bond motifs is 3. The number of likely N-dealkylation sites (tertiary alicyclic amines) is 1. The number of carbonyl (C=O) groups is 10. The molecule has 3 aliphatic heterocycles. The van der Waals surface area contributed by atoms with Crippen LogP contribution in [0, 0.1) is 12.3 Å². The molecule has 10 N–H and O–H groups in total. The lowest BCUT2D eigenvalue weighted by molar-refractivity contribution is -0.140. The summed E-state index contributed by atoms with van der Waals surface area (Å²) in [6.07, 6.45) is 8.79. The number of carbonyl (C=O) groups excluding carboxylic acids is 10. The molecule has 0 aliphatic carbocycles. The van der Waals surface area contributed by atoms with Crippen molar-refractivity contribution in [1.29, 1.82) is 0 Å². The summed E-state index contributed by atoms with van der Waals surface area (Å²) in [5.74, 6) is -3.57. The van der Waals surface area contributed by atoms with Crippen molar-refractivity contribution in [2.24, 2.45) is 16.6 Å². The molecule has 72 heavy (non-hydrogen) atoms. The number of amides is 10. The van der Waals surface area contributed by atoms with E-state index in [1.54, 1.807) is 30.3 Å². The van der Waals surface area contributed by atoms with Gasteiger partial charge in [0.25, 0.3) is 0 Å². The summed E-state index contributed by atoms with van der Waals surface area (Å²) < 4.78 is 1.26. The average Bonchev–Trinajstić information content (AvgIpc) is 4.16.